The van der Waals surface area contributed by atoms with Gasteiger partial charge in [0.2, 0.25) is 0 Å². The van der Waals surface area contributed by atoms with Crippen molar-refractivity contribution in [1.29, 1.82) is 0 Å². The van der Waals surface area contributed by atoms with Crippen LogP contribution in [-0.4, -0.2) is 41.3 Å². The van der Waals surface area contributed by atoms with Crippen molar-refractivity contribution in [3.63, 3.8) is 0 Å². The standard InChI is InChI=1S/C18H19NO5S/c1-4-9-23-14-7-5-13(6-8-14)10-15-17(21)19(18(22)25-15)11-16(20)24-12(2)3/h4-8,10,12H,1,9,11H2,2-3H3/b15-10-. The zero-order valence-electron chi connectivity index (χ0n) is 14.1. The molecule has 1 heterocycles. The molecule has 1 saturated heterocycles. The average Bonchev–Trinajstić information content (AvgIpc) is 2.81. The van der Waals surface area contributed by atoms with Crippen LogP contribution in [0.2, 0.25) is 0 Å². The van der Waals surface area contributed by atoms with Crippen LogP contribution in [0.1, 0.15) is 19.4 Å². The van der Waals surface area contributed by atoms with Crippen molar-refractivity contribution < 1.29 is 23.9 Å². The third kappa shape index (κ3) is 5.22. The van der Waals surface area contributed by atoms with Gasteiger partial charge in [-0.1, -0.05) is 24.8 Å². The smallest absolute Gasteiger partial charge is 0.326 e. The number of rotatable bonds is 7. The molecule has 6 nitrogen and oxygen atoms in total. The van der Waals surface area contributed by atoms with Gasteiger partial charge in [0.15, 0.2) is 0 Å². The molecule has 1 aromatic carbocycles. The summed E-state index contributed by atoms with van der Waals surface area (Å²) in [6.07, 6.45) is 2.95. The van der Waals surface area contributed by atoms with Crippen molar-refractivity contribution in [2.45, 2.75) is 20.0 Å². The van der Waals surface area contributed by atoms with Gasteiger partial charge in [-0.15, -0.1) is 0 Å². The Balaban J connectivity index is 2.06. The monoisotopic (exact) mass is 361 g/mol. The molecule has 0 unspecified atom stereocenters. The second-order valence-corrected chi connectivity index (χ2v) is 6.47. The van der Waals surface area contributed by atoms with Crippen LogP contribution in [-0.2, 0) is 14.3 Å². The van der Waals surface area contributed by atoms with Crippen LogP contribution in [0.3, 0.4) is 0 Å². The minimum Gasteiger partial charge on any atom is -0.490 e. The fourth-order valence-electron chi connectivity index (χ4n) is 2.03. The lowest BCUT2D eigenvalue weighted by molar-refractivity contribution is -0.149. The highest BCUT2D eigenvalue weighted by atomic mass is 32.2. The normalized spacial score (nSPS) is 15.8. The average molecular weight is 361 g/mol. The first-order valence-corrected chi connectivity index (χ1v) is 8.51. The van der Waals surface area contributed by atoms with Gasteiger partial charge in [-0.25, -0.2) is 0 Å². The van der Waals surface area contributed by atoms with Crippen LogP contribution in [0, 0.1) is 0 Å². The predicted octanol–water partition coefficient (Wildman–Crippen LogP) is 3.24. The number of imide groups is 1. The van der Waals surface area contributed by atoms with Crippen molar-refractivity contribution in [2.24, 2.45) is 0 Å². The van der Waals surface area contributed by atoms with Gasteiger partial charge in [-0.3, -0.25) is 19.3 Å². The number of esters is 1. The lowest BCUT2D eigenvalue weighted by Gasteiger charge is -2.13. The van der Waals surface area contributed by atoms with Crippen molar-refractivity contribution >= 4 is 35.0 Å². The first-order valence-electron chi connectivity index (χ1n) is 7.69. The molecule has 2 rings (SSSR count). The minimum atomic E-state index is -0.609. The predicted molar refractivity (Wildman–Crippen MR) is 96.0 cm³/mol. The molecule has 0 aliphatic carbocycles. The molecule has 7 heteroatoms. The Morgan fingerprint density at radius 1 is 1.28 bits per heavy atom. The molecule has 0 N–H and O–H groups in total. The lowest BCUT2D eigenvalue weighted by Crippen LogP contribution is -2.35. The quantitative estimate of drug-likeness (QED) is 0.422. The number of benzene rings is 1. The van der Waals surface area contributed by atoms with E-state index in [4.69, 9.17) is 9.47 Å². The maximum atomic E-state index is 12.3. The van der Waals surface area contributed by atoms with Gasteiger partial charge in [0.25, 0.3) is 11.1 Å². The molecule has 0 bridgehead atoms. The highest BCUT2D eigenvalue weighted by Gasteiger charge is 2.36. The SMILES string of the molecule is C=CCOc1ccc(/C=C2\SC(=O)N(CC(=O)OC(C)C)C2=O)cc1. The zero-order valence-corrected chi connectivity index (χ0v) is 14.9. The van der Waals surface area contributed by atoms with Crippen LogP contribution >= 0.6 is 11.8 Å². The molecule has 25 heavy (non-hydrogen) atoms. The summed E-state index contributed by atoms with van der Waals surface area (Å²) in [6, 6.07) is 7.08. The van der Waals surface area contributed by atoms with Crippen molar-refractivity contribution in [3.05, 3.63) is 47.4 Å². The Bertz CT molecular complexity index is 709. The summed E-state index contributed by atoms with van der Waals surface area (Å²) in [7, 11) is 0. The number of hydrogen-bond acceptors (Lipinski definition) is 6. The molecule has 1 aliphatic rings. The highest BCUT2D eigenvalue weighted by molar-refractivity contribution is 8.18. The van der Waals surface area contributed by atoms with Gasteiger partial charge in [0.1, 0.15) is 18.9 Å². The topological polar surface area (TPSA) is 72.9 Å². The van der Waals surface area contributed by atoms with Crippen molar-refractivity contribution in [1.82, 2.24) is 4.90 Å². The molecule has 0 radical (unpaired) electrons. The van der Waals surface area contributed by atoms with E-state index < -0.39 is 17.1 Å². The van der Waals surface area contributed by atoms with Gasteiger partial charge < -0.3 is 9.47 Å². The Morgan fingerprint density at radius 2 is 1.96 bits per heavy atom. The summed E-state index contributed by atoms with van der Waals surface area (Å²) in [5.41, 5.74) is 0.751. The largest absolute Gasteiger partial charge is 0.490 e. The second-order valence-electron chi connectivity index (χ2n) is 5.48. The molecule has 0 saturated carbocycles. The van der Waals surface area contributed by atoms with Crippen LogP contribution in [0.25, 0.3) is 6.08 Å². The Labute approximate surface area is 150 Å². The molecule has 1 fully saturated rings. The van der Waals surface area contributed by atoms with Gasteiger partial charge in [-0.2, -0.15) is 0 Å². The summed E-state index contributed by atoms with van der Waals surface area (Å²) in [6.45, 7) is 7.01. The zero-order chi connectivity index (χ0) is 18.4. The van der Waals surface area contributed by atoms with Gasteiger partial charge in [-0.05, 0) is 49.4 Å². The lowest BCUT2D eigenvalue weighted by atomic mass is 10.2. The van der Waals surface area contributed by atoms with Gasteiger partial charge >= 0.3 is 5.97 Å². The van der Waals surface area contributed by atoms with E-state index in [9.17, 15) is 14.4 Å². The van der Waals surface area contributed by atoms with E-state index in [0.717, 1.165) is 22.2 Å². The summed E-state index contributed by atoms with van der Waals surface area (Å²) in [5.74, 6) is -0.424. The number of thioether (sulfide) groups is 1. The summed E-state index contributed by atoms with van der Waals surface area (Å²) < 4.78 is 10.4. The maximum Gasteiger partial charge on any atom is 0.326 e. The Hall–Kier alpha value is -2.54. The number of ether oxygens (including phenoxy) is 2. The van der Waals surface area contributed by atoms with Crippen molar-refractivity contribution in [3.8, 4) is 5.75 Å². The Kier molecular flexibility index (Phi) is 6.41. The molecule has 1 aliphatic heterocycles. The number of hydrogen-bond donors (Lipinski definition) is 0. The maximum absolute atomic E-state index is 12.3. The van der Waals surface area contributed by atoms with E-state index in [0.29, 0.717) is 12.4 Å². The molecule has 2 amide bonds. The number of carbonyl (C=O) groups excluding carboxylic acids is 3. The summed E-state index contributed by atoms with van der Waals surface area (Å²) in [4.78, 5) is 37.1. The molecule has 0 aromatic heterocycles. The number of amides is 2. The molecular formula is C18H19NO5S. The van der Waals surface area contributed by atoms with E-state index >= 15 is 0 Å². The molecule has 1 aromatic rings. The molecule has 132 valence electrons. The van der Waals surface area contributed by atoms with E-state index in [-0.39, 0.29) is 17.6 Å². The van der Waals surface area contributed by atoms with E-state index in [2.05, 4.69) is 6.58 Å². The minimum absolute atomic E-state index is 0.266. The van der Waals surface area contributed by atoms with E-state index in [1.54, 1.807) is 50.3 Å². The third-order valence-corrected chi connectivity index (χ3v) is 3.98. The van der Waals surface area contributed by atoms with Gasteiger partial charge in [0, 0.05) is 0 Å². The fraction of sp³-hybridized carbons (Fsp3) is 0.278. The van der Waals surface area contributed by atoms with Crippen molar-refractivity contribution in [2.75, 3.05) is 13.2 Å². The first kappa shape index (κ1) is 18.8. The van der Waals surface area contributed by atoms with Gasteiger partial charge in [0.05, 0.1) is 11.0 Å². The first-order chi connectivity index (χ1) is 11.9. The third-order valence-electron chi connectivity index (χ3n) is 3.07. The summed E-state index contributed by atoms with van der Waals surface area (Å²) >= 11 is 0.802. The molecular weight excluding hydrogens is 342 g/mol. The van der Waals surface area contributed by atoms with Crippen LogP contribution in [0.15, 0.2) is 41.8 Å². The highest BCUT2D eigenvalue weighted by Crippen LogP contribution is 2.32. The molecule has 0 atom stereocenters. The summed E-state index contributed by atoms with van der Waals surface area (Å²) in [5, 5.41) is -0.483. The van der Waals surface area contributed by atoms with Crippen LogP contribution in [0.4, 0.5) is 4.79 Å². The van der Waals surface area contributed by atoms with Crippen LogP contribution in [0.5, 0.6) is 5.75 Å². The second kappa shape index (κ2) is 8.53. The van der Waals surface area contributed by atoms with E-state index in [1.807, 2.05) is 0 Å². The van der Waals surface area contributed by atoms with E-state index in [1.165, 1.54) is 0 Å². The fourth-order valence-corrected chi connectivity index (χ4v) is 2.87. The molecule has 0 spiro atoms. The number of nitrogens with zero attached hydrogens (tertiary/aromatic N) is 1. The Morgan fingerprint density at radius 3 is 2.56 bits per heavy atom. The van der Waals surface area contributed by atoms with Crippen LogP contribution < -0.4 is 4.74 Å². The number of carbonyl (C=O) groups is 3.